The van der Waals surface area contributed by atoms with E-state index in [4.69, 9.17) is 9.47 Å². The largest absolute Gasteiger partial charge is 0.507 e. The lowest BCUT2D eigenvalue weighted by atomic mass is 10.1. The Morgan fingerprint density at radius 1 is 1.21 bits per heavy atom. The summed E-state index contributed by atoms with van der Waals surface area (Å²) in [7, 11) is 2.73. The van der Waals surface area contributed by atoms with Gasteiger partial charge in [-0.1, -0.05) is 0 Å². The number of alkyl halides is 3. The van der Waals surface area contributed by atoms with Crippen molar-refractivity contribution in [3.8, 4) is 11.5 Å². The topological polar surface area (TPSA) is 55.8 Å². The van der Waals surface area contributed by atoms with Crippen LogP contribution in [0.3, 0.4) is 0 Å². The number of rotatable bonds is 4. The average molecular weight is 276 g/mol. The number of ketones is 1. The van der Waals surface area contributed by atoms with Gasteiger partial charge in [0.2, 0.25) is 0 Å². The molecule has 0 aromatic heterocycles. The van der Waals surface area contributed by atoms with Crippen LogP contribution < -0.4 is 9.47 Å². The Hall–Kier alpha value is -2.18. The number of methoxy groups -OCH3 is 2. The van der Waals surface area contributed by atoms with Gasteiger partial charge in [-0.05, 0) is 18.2 Å². The van der Waals surface area contributed by atoms with Crippen LogP contribution in [0.5, 0.6) is 11.5 Å². The summed E-state index contributed by atoms with van der Waals surface area (Å²) in [6, 6.07) is 3.96. The van der Waals surface area contributed by atoms with E-state index in [1.54, 1.807) is 0 Å². The van der Waals surface area contributed by atoms with Crippen LogP contribution in [0.4, 0.5) is 13.2 Å². The maximum atomic E-state index is 12.0. The molecular weight excluding hydrogens is 265 g/mol. The minimum Gasteiger partial charge on any atom is -0.507 e. The van der Waals surface area contributed by atoms with Gasteiger partial charge in [0.1, 0.15) is 5.76 Å². The number of carbonyl (C=O) groups excluding carboxylic acids is 1. The molecule has 0 unspecified atom stereocenters. The summed E-state index contributed by atoms with van der Waals surface area (Å²) in [6.45, 7) is 0. The Morgan fingerprint density at radius 2 is 1.79 bits per heavy atom. The van der Waals surface area contributed by atoms with Crippen LogP contribution in [-0.2, 0) is 4.79 Å². The first-order chi connectivity index (χ1) is 8.79. The summed E-state index contributed by atoms with van der Waals surface area (Å²) in [5.41, 5.74) is 0.00949. The molecule has 0 saturated heterocycles. The zero-order chi connectivity index (χ0) is 14.6. The Kier molecular flexibility index (Phi) is 4.42. The summed E-state index contributed by atoms with van der Waals surface area (Å²) in [4.78, 5) is 10.7. The summed E-state index contributed by atoms with van der Waals surface area (Å²) in [6.07, 6.45) is -4.91. The third-order valence-electron chi connectivity index (χ3n) is 2.23. The van der Waals surface area contributed by atoms with E-state index in [0.29, 0.717) is 5.75 Å². The second kappa shape index (κ2) is 5.64. The number of halogens is 3. The van der Waals surface area contributed by atoms with Gasteiger partial charge in [-0.25, -0.2) is 0 Å². The zero-order valence-corrected chi connectivity index (χ0v) is 10.1. The van der Waals surface area contributed by atoms with E-state index < -0.39 is 17.7 Å². The van der Waals surface area contributed by atoms with Gasteiger partial charge in [-0.3, -0.25) is 4.79 Å². The van der Waals surface area contributed by atoms with Crippen LogP contribution in [0, 0.1) is 0 Å². The molecule has 0 fully saturated rings. The molecule has 0 bridgehead atoms. The Bertz CT molecular complexity index is 506. The molecule has 1 N–H and O–H groups in total. The fourth-order valence-electron chi connectivity index (χ4n) is 1.28. The molecule has 0 atom stereocenters. The number of aliphatic hydroxyl groups is 1. The molecule has 1 rings (SSSR count). The highest BCUT2D eigenvalue weighted by Gasteiger charge is 2.37. The Labute approximate surface area is 107 Å². The molecule has 1 aromatic carbocycles. The standard InChI is InChI=1S/C12H11F3O4/c1-18-9-4-3-7(5-10(9)19-2)8(16)6-11(17)12(13,14)15/h3-6,16H,1-2H3. The fraction of sp³-hybridized carbons (Fsp3) is 0.250. The van der Waals surface area contributed by atoms with Crippen LogP contribution in [0.25, 0.3) is 5.76 Å². The third kappa shape index (κ3) is 3.64. The van der Waals surface area contributed by atoms with Gasteiger partial charge in [-0.15, -0.1) is 0 Å². The number of hydrogen-bond acceptors (Lipinski definition) is 4. The van der Waals surface area contributed by atoms with Crippen LogP contribution in [-0.4, -0.2) is 31.3 Å². The second-order valence-electron chi connectivity index (χ2n) is 3.46. The molecule has 0 heterocycles. The Morgan fingerprint density at radius 3 is 2.26 bits per heavy atom. The predicted molar refractivity (Wildman–Crippen MR) is 61.2 cm³/mol. The minimum atomic E-state index is -5.02. The van der Waals surface area contributed by atoms with Crippen molar-refractivity contribution < 1.29 is 32.5 Å². The number of benzene rings is 1. The molecule has 4 nitrogen and oxygen atoms in total. The van der Waals surface area contributed by atoms with E-state index in [1.165, 1.54) is 32.4 Å². The number of allylic oxidation sites excluding steroid dienone is 1. The SMILES string of the molecule is COc1ccc(C(O)=CC(=O)C(F)(F)F)cc1OC. The first-order valence-electron chi connectivity index (χ1n) is 5.03. The van der Waals surface area contributed by atoms with Crippen molar-refractivity contribution in [1.82, 2.24) is 0 Å². The van der Waals surface area contributed by atoms with E-state index in [-0.39, 0.29) is 17.4 Å². The first-order valence-corrected chi connectivity index (χ1v) is 5.03. The van der Waals surface area contributed by atoms with Crippen LogP contribution >= 0.6 is 0 Å². The highest BCUT2D eigenvalue weighted by atomic mass is 19.4. The van der Waals surface area contributed by atoms with Crippen LogP contribution in [0.2, 0.25) is 0 Å². The van der Waals surface area contributed by atoms with E-state index >= 15 is 0 Å². The van der Waals surface area contributed by atoms with Gasteiger partial charge in [0, 0.05) is 11.6 Å². The third-order valence-corrected chi connectivity index (χ3v) is 2.23. The maximum absolute atomic E-state index is 12.0. The molecule has 0 aliphatic rings. The van der Waals surface area contributed by atoms with Gasteiger partial charge in [0.25, 0.3) is 5.78 Å². The van der Waals surface area contributed by atoms with E-state index in [1.807, 2.05) is 0 Å². The number of carbonyl (C=O) groups is 1. The van der Waals surface area contributed by atoms with Crippen molar-refractivity contribution in [3.05, 3.63) is 29.8 Å². The molecule has 104 valence electrons. The summed E-state index contributed by atoms with van der Waals surface area (Å²) >= 11 is 0. The number of aliphatic hydroxyl groups excluding tert-OH is 1. The van der Waals surface area contributed by atoms with Crippen molar-refractivity contribution in [2.24, 2.45) is 0 Å². The highest BCUT2D eigenvalue weighted by molar-refractivity contribution is 5.99. The van der Waals surface area contributed by atoms with Crippen LogP contribution in [0.1, 0.15) is 5.56 Å². The molecule has 0 aliphatic heterocycles. The molecule has 7 heteroatoms. The molecule has 1 aromatic rings. The molecular formula is C12H11F3O4. The van der Waals surface area contributed by atoms with Gasteiger partial charge in [0.05, 0.1) is 14.2 Å². The molecule has 0 amide bonds. The van der Waals surface area contributed by atoms with E-state index in [2.05, 4.69) is 0 Å². The van der Waals surface area contributed by atoms with Crippen molar-refractivity contribution in [2.75, 3.05) is 14.2 Å². The molecule has 19 heavy (non-hydrogen) atoms. The second-order valence-corrected chi connectivity index (χ2v) is 3.46. The molecule has 0 spiro atoms. The molecule has 0 aliphatic carbocycles. The lowest BCUT2D eigenvalue weighted by molar-refractivity contribution is -0.165. The summed E-state index contributed by atoms with van der Waals surface area (Å²) < 4.78 is 46.0. The normalized spacial score (nSPS) is 12.2. The van der Waals surface area contributed by atoms with Gasteiger partial charge < -0.3 is 14.6 Å². The summed E-state index contributed by atoms with van der Waals surface area (Å²) in [5, 5.41) is 9.48. The van der Waals surface area contributed by atoms with Crippen molar-refractivity contribution >= 4 is 11.5 Å². The van der Waals surface area contributed by atoms with Crippen molar-refractivity contribution in [3.63, 3.8) is 0 Å². The smallest absolute Gasteiger partial charge is 0.454 e. The highest BCUT2D eigenvalue weighted by Crippen LogP contribution is 2.30. The predicted octanol–water partition coefficient (Wildman–Crippen LogP) is 2.73. The number of ether oxygens (including phenoxy) is 2. The first kappa shape index (κ1) is 14.9. The Balaban J connectivity index is 3.10. The number of hydrogen-bond donors (Lipinski definition) is 1. The van der Waals surface area contributed by atoms with E-state index in [0.717, 1.165) is 0 Å². The quantitative estimate of drug-likeness (QED) is 0.678. The lowest BCUT2D eigenvalue weighted by Gasteiger charge is -2.09. The van der Waals surface area contributed by atoms with Crippen LogP contribution in [0.15, 0.2) is 24.3 Å². The van der Waals surface area contributed by atoms with E-state index in [9.17, 15) is 23.1 Å². The average Bonchev–Trinajstić information content (AvgIpc) is 2.36. The molecule has 0 saturated carbocycles. The van der Waals surface area contributed by atoms with Crippen molar-refractivity contribution in [2.45, 2.75) is 6.18 Å². The fourth-order valence-corrected chi connectivity index (χ4v) is 1.28. The summed E-state index contributed by atoms with van der Waals surface area (Å²) in [5.74, 6) is -2.37. The monoisotopic (exact) mass is 276 g/mol. The maximum Gasteiger partial charge on any atom is 0.454 e. The van der Waals surface area contributed by atoms with Crippen molar-refractivity contribution in [1.29, 1.82) is 0 Å². The van der Waals surface area contributed by atoms with Gasteiger partial charge in [0.15, 0.2) is 11.5 Å². The van der Waals surface area contributed by atoms with Gasteiger partial charge >= 0.3 is 6.18 Å². The zero-order valence-electron chi connectivity index (χ0n) is 10.1. The minimum absolute atomic E-state index is 0.00949. The van der Waals surface area contributed by atoms with Gasteiger partial charge in [-0.2, -0.15) is 13.2 Å². The molecule has 0 radical (unpaired) electrons. The lowest BCUT2D eigenvalue weighted by Crippen LogP contribution is -2.20.